The molecule has 0 aromatic heterocycles. The monoisotopic (exact) mass is 318 g/mol. The molecule has 0 saturated heterocycles. The Morgan fingerprint density at radius 1 is 1.36 bits per heavy atom. The van der Waals surface area contributed by atoms with E-state index in [0.29, 0.717) is 22.0 Å². The topological polar surface area (TPSA) is 107 Å². The number of azide groups is 1. The lowest BCUT2D eigenvalue weighted by molar-refractivity contribution is 0.210. The van der Waals surface area contributed by atoms with Crippen molar-refractivity contribution in [2.45, 2.75) is 0 Å². The first-order valence-corrected chi connectivity index (χ1v) is 6.51. The second kappa shape index (κ2) is 7.21. The third-order valence-electron chi connectivity index (χ3n) is 2.72. The molecule has 0 atom stereocenters. The molecule has 0 spiro atoms. The van der Waals surface area contributed by atoms with E-state index in [2.05, 4.69) is 15.3 Å². The van der Waals surface area contributed by atoms with Crippen LogP contribution in [0, 0.1) is 0 Å². The first-order valence-electron chi connectivity index (χ1n) is 6.14. The molecule has 0 bridgehead atoms. The summed E-state index contributed by atoms with van der Waals surface area (Å²) >= 11 is 5.97. The van der Waals surface area contributed by atoms with Crippen molar-refractivity contribution in [3.8, 4) is 16.9 Å². The normalized spacial score (nSPS) is 9.68. The van der Waals surface area contributed by atoms with Gasteiger partial charge in [-0.2, -0.15) is 0 Å². The Hall–Kier alpha value is -2.89. The maximum Gasteiger partial charge on any atom is 0.409 e. The van der Waals surface area contributed by atoms with Crippen LogP contribution in [0.4, 0.5) is 10.5 Å². The zero-order valence-corrected chi connectivity index (χ0v) is 12.0. The SMILES string of the molecule is [N-]=[N+]=NCOc1ccc(NC(=O)O)c(-c2cccc(Cl)c2)c1. The van der Waals surface area contributed by atoms with Gasteiger partial charge in [0.15, 0.2) is 6.73 Å². The van der Waals surface area contributed by atoms with E-state index in [1.807, 2.05) is 0 Å². The summed E-state index contributed by atoms with van der Waals surface area (Å²) < 4.78 is 5.27. The van der Waals surface area contributed by atoms with Crippen LogP contribution in [0.15, 0.2) is 47.6 Å². The maximum atomic E-state index is 10.9. The molecule has 0 aliphatic heterocycles. The van der Waals surface area contributed by atoms with Crippen LogP contribution in [-0.4, -0.2) is 17.9 Å². The van der Waals surface area contributed by atoms with Gasteiger partial charge in [0, 0.05) is 15.5 Å². The van der Waals surface area contributed by atoms with Crippen LogP contribution in [0.5, 0.6) is 5.75 Å². The second-order valence-corrected chi connectivity index (χ2v) is 4.59. The molecule has 2 N–H and O–H groups in total. The molecule has 7 nitrogen and oxygen atoms in total. The molecular formula is C14H11ClN4O3. The lowest BCUT2D eigenvalue weighted by Gasteiger charge is -2.12. The summed E-state index contributed by atoms with van der Waals surface area (Å²) in [5.74, 6) is 0.443. The van der Waals surface area contributed by atoms with Crippen molar-refractivity contribution in [3.05, 3.63) is 57.9 Å². The zero-order valence-electron chi connectivity index (χ0n) is 11.2. The van der Waals surface area contributed by atoms with Crippen molar-refractivity contribution < 1.29 is 14.6 Å². The number of rotatable bonds is 5. The average molecular weight is 319 g/mol. The lowest BCUT2D eigenvalue weighted by Crippen LogP contribution is -2.08. The van der Waals surface area contributed by atoms with E-state index in [-0.39, 0.29) is 6.73 Å². The lowest BCUT2D eigenvalue weighted by atomic mass is 10.0. The van der Waals surface area contributed by atoms with Crippen LogP contribution in [-0.2, 0) is 0 Å². The summed E-state index contributed by atoms with van der Waals surface area (Å²) in [6.07, 6.45) is -1.17. The van der Waals surface area contributed by atoms with Crippen LogP contribution in [0.1, 0.15) is 0 Å². The number of carbonyl (C=O) groups is 1. The largest absolute Gasteiger partial charge is 0.487 e. The molecule has 112 valence electrons. The maximum absolute atomic E-state index is 10.9. The molecule has 2 rings (SSSR count). The van der Waals surface area contributed by atoms with Crippen LogP contribution < -0.4 is 10.1 Å². The number of halogens is 1. The van der Waals surface area contributed by atoms with Crippen molar-refractivity contribution >= 4 is 23.4 Å². The summed E-state index contributed by atoms with van der Waals surface area (Å²) in [5.41, 5.74) is 9.96. The summed E-state index contributed by atoms with van der Waals surface area (Å²) in [5, 5.41) is 15.0. The fraction of sp³-hybridized carbons (Fsp3) is 0.0714. The molecule has 8 heteroatoms. The minimum absolute atomic E-state index is 0.156. The van der Waals surface area contributed by atoms with Crippen molar-refractivity contribution in [2.24, 2.45) is 5.11 Å². The van der Waals surface area contributed by atoms with Gasteiger partial charge in [0.1, 0.15) is 5.75 Å². The first-order chi connectivity index (χ1) is 10.6. The highest BCUT2D eigenvalue weighted by atomic mass is 35.5. The molecule has 22 heavy (non-hydrogen) atoms. The fourth-order valence-electron chi connectivity index (χ4n) is 1.86. The summed E-state index contributed by atoms with van der Waals surface area (Å²) in [4.78, 5) is 13.5. The van der Waals surface area contributed by atoms with Crippen LogP contribution in [0.3, 0.4) is 0 Å². The standard InChI is InChI=1S/C14H11ClN4O3/c15-10-3-1-2-9(6-10)12-7-11(22-8-17-19-16)4-5-13(12)18-14(20)21/h1-7,18H,8H2,(H,20,21). The molecular weight excluding hydrogens is 308 g/mol. The molecule has 0 aliphatic carbocycles. The van der Waals surface area contributed by atoms with Crippen LogP contribution in [0.25, 0.3) is 21.6 Å². The van der Waals surface area contributed by atoms with Crippen molar-refractivity contribution in [1.29, 1.82) is 0 Å². The van der Waals surface area contributed by atoms with E-state index in [1.54, 1.807) is 42.5 Å². The fourth-order valence-corrected chi connectivity index (χ4v) is 2.05. The van der Waals surface area contributed by atoms with Gasteiger partial charge >= 0.3 is 6.09 Å². The molecule has 2 aromatic rings. The summed E-state index contributed by atoms with van der Waals surface area (Å²) in [6.45, 7) is -0.156. The quantitative estimate of drug-likeness (QED) is 0.472. The molecule has 0 radical (unpaired) electrons. The van der Waals surface area contributed by atoms with Gasteiger partial charge in [0.05, 0.1) is 5.69 Å². The Kier molecular flexibility index (Phi) is 5.08. The highest BCUT2D eigenvalue weighted by Gasteiger charge is 2.10. The van der Waals surface area contributed by atoms with Crippen LogP contribution in [0.2, 0.25) is 5.02 Å². The second-order valence-electron chi connectivity index (χ2n) is 4.15. The van der Waals surface area contributed by atoms with Gasteiger partial charge in [0.25, 0.3) is 0 Å². The van der Waals surface area contributed by atoms with E-state index in [9.17, 15) is 4.79 Å². The van der Waals surface area contributed by atoms with Crippen LogP contribution >= 0.6 is 11.6 Å². The summed E-state index contributed by atoms with van der Waals surface area (Å²) in [7, 11) is 0. The molecule has 0 saturated carbocycles. The molecule has 1 amide bonds. The van der Waals surface area contributed by atoms with Gasteiger partial charge in [-0.1, -0.05) is 28.8 Å². The highest BCUT2D eigenvalue weighted by molar-refractivity contribution is 6.30. The van der Waals surface area contributed by atoms with Gasteiger partial charge in [-0.25, -0.2) is 4.79 Å². The van der Waals surface area contributed by atoms with E-state index >= 15 is 0 Å². The Balaban J connectivity index is 2.43. The molecule has 0 fully saturated rings. The van der Waals surface area contributed by atoms with Crippen molar-refractivity contribution in [1.82, 2.24) is 0 Å². The number of hydrogen-bond acceptors (Lipinski definition) is 3. The van der Waals surface area contributed by atoms with E-state index in [1.165, 1.54) is 0 Å². The number of ether oxygens (including phenoxy) is 1. The van der Waals surface area contributed by atoms with Gasteiger partial charge in [-0.15, -0.1) is 0 Å². The molecule has 0 aliphatic rings. The van der Waals surface area contributed by atoms with E-state index in [0.717, 1.165) is 5.56 Å². The van der Waals surface area contributed by atoms with Gasteiger partial charge < -0.3 is 9.84 Å². The number of anilines is 1. The predicted octanol–water partition coefficient (Wildman–Crippen LogP) is 4.74. The first kappa shape index (κ1) is 15.5. The number of amides is 1. The van der Waals surface area contributed by atoms with Gasteiger partial charge in [-0.3, -0.25) is 5.32 Å². The Morgan fingerprint density at radius 3 is 2.86 bits per heavy atom. The Bertz CT molecular complexity index is 745. The molecule has 0 heterocycles. The Morgan fingerprint density at radius 2 is 2.18 bits per heavy atom. The molecule has 2 aromatic carbocycles. The number of hydrogen-bond donors (Lipinski definition) is 2. The third-order valence-corrected chi connectivity index (χ3v) is 2.96. The minimum Gasteiger partial charge on any atom is -0.487 e. The molecule has 0 unspecified atom stereocenters. The van der Waals surface area contributed by atoms with E-state index < -0.39 is 6.09 Å². The third kappa shape index (κ3) is 4.05. The van der Waals surface area contributed by atoms with Gasteiger partial charge in [-0.05, 0) is 41.4 Å². The average Bonchev–Trinajstić information content (AvgIpc) is 2.48. The smallest absolute Gasteiger partial charge is 0.409 e. The number of carboxylic acid groups (broad SMARTS) is 1. The summed E-state index contributed by atoms with van der Waals surface area (Å²) in [6, 6.07) is 11.8. The predicted molar refractivity (Wildman–Crippen MR) is 83.2 cm³/mol. The van der Waals surface area contributed by atoms with Crippen molar-refractivity contribution in [3.63, 3.8) is 0 Å². The van der Waals surface area contributed by atoms with Gasteiger partial charge in [0.2, 0.25) is 0 Å². The number of nitrogens with one attached hydrogen (secondary N) is 1. The highest BCUT2D eigenvalue weighted by Crippen LogP contribution is 2.33. The number of nitrogens with zero attached hydrogens (tertiary/aromatic N) is 3. The zero-order chi connectivity index (χ0) is 15.9. The van der Waals surface area contributed by atoms with E-state index in [4.69, 9.17) is 27.0 Å². The number of benzene rings is 2. The van der Waals surface area contributed by atoms with Crippen molar-refractivity contribution in [2.75, 3.05) is 12.0 Å². The Labute approximate surface area is 130 Å². The minimum atomic E-state index is -1.17.